The number of nitrogens with one attached hydrogen (secondary N) is 3. The van der Waals surface area contributed by atoms with Crippen LogP contribution >= 0.6 is 15.2 Å². The van der Waals surface area contributed by atoms with Gasteiger partial charge in [-0.25, -0.2) is 4.79 Å². The average Bonchev–Trinajstić information content (AvgIpc) is 1.34. The van der Waals surface area contributed by atoms with Crippen LogP contribution in [0.25, 0.3) is 0 Å². The van der Waals surface area contributed by atoms with Crippen molar-refractivity contribution < 1.29 is 106 Å². The molecule has 11 rings (SSSR count). The molecule has 9 aliphatic rings. The van der Waals surface area contributed by atoms with Crippen LogP contribution in [0.3, 0.4) is 0 Å². The van der Waals surface area contributed by atoms with Crippen LogP contribution in [0.5, 0.6) is 17.2 Å². The number of aliphatic imine (C=N–C) groups is 1. The highest BCUT2D eigenvalue weighted by atomic mass is 31.2. The zero-order valence-corrected chi connectivity index (χ0v) is 58.3. The molecule has 7 bridgehead atoms. The number of amides is 2. The van der Waals surface area contributed by atoms with Gasteiger partial charge >= 0.3 is 39.0 Å². The molecule has 8 heterocycles. The number of hydrogen-bond donors (Lipinski definition) is 9. The molecule has 2 aromatic carbocycles. The van der Waals surface area contributed by atoms with Crippen LogP contribution in [0.4, 0.5) is 4.79 Å². The highest BCUT2D eigenvalue weighted by Crippen LogP contribution is 2.62. The molecule has 0 saturated carbocycles. The zero-order chi connectivity index (χ0) is 70.9. The summed E-state index contributed by atoms with van der Waals surface area (Å²) in [5, 5.41) is 31.3. The summed E-state index contributed by atoms with van der Waals surface area (Å²) in [7, 11) is -9.15. The summed E-state index contributed by atoms with van der Waals surface area (Å²) in [5.41, 5.74) is -2.73. The van der Waals surface area contributed by atoms with E-state index in [0.29, 0.717) is 37.4 Å². The maximum absolute atomic E-state index is 15.6. The molecule has 1 spiro atoms. The number of piperidine rings is 1. The van der Waals surface area contributed by atoms with Gasteiger partial charge in [-0.2, -0.15) is 0 Å². The van der Waals surface area contributed by atoms with E-state index in [1.165, 1.54) is 72.3 Å². The zero-order valence-electron chi connectivity index (χ0n) is 56.5. The number of hydrogen-bond acceptors (Lipinski definition) is 22. The molecule has 2 saturated heterocycles. The quantitative estimate of drug-likeness (QED) is 0.0315. The molecule has 28 nitrogen and oxygen atoms in total. The largest absolute Gasteiger partial charge is 0.507 e. The van der Waals surface area contributed by atoms with Gasteiger partial charge in [0, 0.05) is 120 Å². The molecule has 2 fully saturated rings. The molecule has 2 amide bonds. The van der Waals surface area contributed by atoms with Gasteiger partial charge in [0.2, 0.25) is 5.78 Å². The van der Waals surface area contributed by atoms with Gasteiger partial charge in [0.05, 0.1) is 53.7 Å². The summed E-state index contributed by atoms with van der Waals surface area (Å²) >= 11 is 0. The number of carbonyl (C=O) groups excluding carboxylic acids is 7. The van der Waals surface area contributed by atoms with Crippen molar-refractivity contribution in [2.24, 2.45) is 40.5 Å². The van der Waals surface area contributed by atoms with Crippen LogP contribution < -0.4 is 25.4 Å². The third-order valence-corrected chi connectivity index (χ3v) is 23.2. The van der Waals surface area contributed by atoms with Gasteiger partial charge in [0.25, 0.3) is 11.7 Å². The number of Topliss-reactive ketones (excluding diaryl/α,β-unsaturated/α-hetero) is 3. The number of carbonyl (C=O) groups is 7. The Labute approximate surface area is 558 Å². The summed E-state index contributed by atoms with van der Waals surface area (Å²) in [4.78, 5) is 147. The number of phenolic OH excluding ortho intramolecular Hbond substituents is 1. The van der Waals surface area contributed by atoms with E-state index < -0.39 is 152 Å². The second kappa shape index (κ2) is 29.8. The van der Waals surface area contributed by atoms with Crippen molar-refractivity contribution in [1.82, 2.24) is 25.8 Å². The molecule has 2 aromatic rings. The van der Waals surface area contributed by atoms with E-state index in [0.717, 1.165) is 6.54 Å². The van der Waals surface area contributed by atoms with Crippen LogP contribution in [0.2, 0.25) is 0 Å². The summed E-state index contributed by atoms with van der Waals surface area (Å²) in [6, 6.07) is 6.24. The monoisotopic (exact) mass is 1380 g/mol. The maximum Gasteiger partial charge on any atom is 0.407 e. The number of ether oxygens (including phenoxy) is 7. The van der Waals surface area contributed by atoms with Crippen LogP contribution in [0, 0.1) is 42.4 Å². The molecule has 8 aliphatic heterocycles. The van der Waals surface area contributed by atoms with Gasteiger partial charge in [-0.3, -0.25) is 47.8 Å². The van der Waals surface area contributed by atoms with Crippen molar-refractivity contribution in [3.05, 3.63) is 87.5 Å². The SMILES string of the molecule is CO[C@H]1/C=C/O[C@@]2(C)Oc3c(C)c(O)c4c(c3C2=O)C2=NC3(CCN(CC(C)C)CC3)NC2=C(NC(=O)/C(C)=C\C(C)C2(C(=O)CN(CCCCC(P(=O)(O)O)P(=O)(O)O)CCNC(=O)OCc3ccc(OC(C)=O)cc3)O[C@H]([C@@H](C)[C@@H](O)[C@@H](C)[C@H](OC(C)=O)[C@@H]1C)[C@H]2C)C4=O. The molecule has 9 N–H and O–H groups in total. The van der Waals surface area contributed by atoms with E-state index in [1.807, 2.05) is 0 Å². The van der Waals surface area contributed by atoms with Crippen molar-refractivity contribution in [2.75, 3.05) is 52.9 Å². The number of ketones is 3. The third kappa shape index (κ3) is 15.9. The Morgan fingerprint density at radius 3 is 2.14 bits per heavy atom. The molecule has 11 atom stereocenters. The fourth-order valence-corrected chi connectivity index (χ4v) is 16.8. The Balaban J connectivity index is 1.18. The first-order valence-corrected chi connectivity index (χ1v) is 35.7. The summed E-state index contributed by atoms with van der Waals surface area (Å²) in [6.07, 6.45) is -0.554. The minimum Gasteiger partial charge on any atom is -0.507 e. The third-order valence-electron chi connectivity index (χ3n) is 19.3. The van der Waals surface area contributed by atoms with Crippen molar-refractivity contribution >= 4 is 62.2 Å². The lowest BCUT2D eigenvalue weighted by Gasteiger charge is -2.58. The van der Waals surface area contributed by atoms with Crippen LogP contribution in [-0.4, -0.2) is 186 Å². The van der Waals surface area contributed by atoms with E-state index in [2.05, 4.69) is 34.7 Å². The Morgan fingerprint density at radius 2 is 1.54 bits per heavy atom. The molecule has 0 aromatic heterocycles. The summed E-state index contributed by atoms with van der Waals surface area (Å²) in [6.45, 7) is 20.8. The highest BCUT2D eigenvalue weighted by Gasteiger charge is 2.63. The molecular weight excluding hydrogens is 1290 g/mol. The normalized spacial score (nSPS) is 28.6. The minimum atomic E-state index is -5.28. The van der Waals surface area contributed by atoms with Crippen LogP contribution in [-0.2, 0) is 58.6 Å². The van der Waals surface area contributed by atoms with Crippen molar-refractivity contribution in [2.45, 2.75) is 169 Å². The lowest BCUT2D eigenvalue weighted by molar-refractivity contribution is -0.281. The van der Waals surface area contributed by atoms with Gasteiger partial charge in [-0.1, -0.05) is 73.1 Å². The van der Waals surface area contributed by atoms with Gasteiger partial charge in [-0.05, 0) is 62.9 Å². The first-order valence-electron chi connectivity index (χ1n) is 32.4. The molecule has 528 valence electrons. The van der Waals surface area contributed by atoms with Gasteiger partial charge in [0.15, 0.2) is 11.2 Å². The number of esters is 2. The standard InChI is InChI=1S/C66H92N6O22P2/c1-34(2)31-72-26-22-65(23-27-72)69-52-49-50-56(77)40(8)60-51(49)61(79)64(12,93-60)90-29-21-46(88-13)37(5)58(92-43(11)74)38(6)55(76)39(7)59-41(9)66(94-59,36(4)30-35(3)62(80)68-54(57(50)78)53(52)70-65)47(75)32-71(25-15-14-16-48(95(82,83)84)96(85,86)87)28-24-67-63(81)89-33-44-17-19-45(20-18-44)91-42(10)73/h17-21,29-30,34,36-39,41,46,48,55,58-59,70,76-77H,14-16,22-28,31-33H2,1-13H3,(H,67,81)(H,68,80)(H2,82,83,84)(H2,85,86,87)/b29-21+,35-30-/t36?,37-,38-,39+,41-,46+,55+,58-,59-,64+,66?/m1/s1. The number of phenols is 1. The van der Waals surface area contributed by atoms with Crippen molar-refractivity contribution in [3.63, 3.8) is 0 Å². The maximum atomic E-state index is 15.6. The Bertz CT molecular complexity index is 3550. The predicted octanol–water partition coefficient (Wildman–Crippen LogP) is 6.05. The molecule has 96 heavy (non-hydrogen) atoms. The van der Waals surface area contributed by atoms with Crippen LogP contribution in [0.1, 0.15) is 146 Å². The number of alkyl carbamates (subject to hydrolysis) is 1. The highest BCUT2D eigenvalue weighted by molar-refractivity contribution is 7.70. The Kier molecular flexibility index (Phi) is 23.3. The number of aliphatic hydroxyl groups is 1. The van der Waals surface area contributed by atoms with Crippen LogP contribution in [0.15, 0.2) is 64.6 Å². The van der Waals surface area contributed by atoms with E-state index in [-0.39, 0.29) is 95.5 Å². The number of rotatable bonds is 20. The molecule has 1 aliphatic carbocycles. The van der Waals surface area contributed by atoms with E-state index in [4.69, 9.17) is 38.2 Å². The van der Waals surface area contributed by atoms with Gasteiger partial charge in [0.1, 0.15) is 46.9 Å². The fourth-order valence-electron chi connectivity index (χ4n) is 14.2. The van der Waals surface area contributed by atoms with Gasteiger partial charge in [-0.15, -0.1) is 0 Å². The number of unbranched alkanes of at least 4 members (excludes halogenated alkanes) is 1. The lowest BCUT2D eigenvalue weighted by Crippen LogP contribution is -2.70. The second-order valence-electron chi connectivity index (χ2n) is 26.8. The fraction of sp³-hybridized carbons (Fsp3) is 0.606. The number of allylic oxidation sites excluding steroid dienone is 2. The molecule has 0 radical (unpaired) electrons. The molecular formula is C66H92N6O22P2. The molecule has 2 unspecified atom stereocenters. The average molecular weight is 1380 g/mol. The predicted molar refractivity (Wildman–Crippen MR) is 347 cm³/mol. The summed E-state index contributed by atoms with van der Waals surface area (Å²) in [5.74, 6) is -10.3. The number of aliphatic hydroxyl groups excluding tert-OH is 1. The van der Waals surface area contributed by atoms with E-state index in [1.54, 1.807) is 51.7 Å². The number of methoxy groups -OCH3 is 1. The number of benzene rings is 2. The van der Waals surface area contributed by atoms with E-state index >= 15 is 14.4 Å². The number of nitrogens with zero attached hydrogens (tertiary/aromatic N) is 3. The Morgan fingerprint density at radius 1 is 0.885 bits per heavy atom. The van der Waals surface area contributed by atoms with Gasteiger partial charge < -0.3 is 83.8 Å². The Hall–Kier alpha value is -6.68. The first kappa shape index (κ1) is 75.1. The topological polar surface area (TPSA) is 395 Å². The lowest BCUT2D eigenvalue weighted by atomic mass is 9.63. The van der Waals surface area contributed by atoms with Crippen molar-refractivity contribution in [1.29, 1.82) is 0 Å². The van der Waals surface area contributed by atoms with Crippen molar-refractivity contribution in [3.8, 4) is 17.2 Å². The second-order valence-corrected chi connectivity index (χ2v) is 30.8. The minimum absolute atomic E-state index is 0.000592. The number of likely N-dealkylation sites (tertiary alicyclic amines) is 1. The first-order chi connectivity index (χ1) is 44.9. The van der Waals surface area contributed by atoms with E-state index in [9.17, 15) is 58.1 Å². The summed E-state index contributed by atoms with van der Waals surface area (Å²) < 4.78 is 66.3. The smallest absolute Gasteiger partial charge is 0.407 e. The molecule has 30 heteroatoms. The number of aromatic hydroxyl groups is 1.